The molecule has 3 heterocycles. The van der Waals surface area contributed by atoms with Gasteiger partial charge >= 0.3 is 0 Å². The Morgan fingerprint density at radius 2 is 1.97 bits per heavy atom. The number of anilines is 2. The summed E-state index contributed by atoms with van der Waals surface area (Å²) < 4.78 is 11.8. The van der Waals surface area contributed by atoms with Gasteiger partial charge in [-0.3, -0.25) is 4.79 Å². The highest BCUT2D eigenvalue weighted by molar-refractivity contribution is 5.95. The van der Waals surface area contributed by atoms with Gasteiger partial charge in [-0.15, -0.1) is 0 Å². The number of hydrogen-bond donors (Lipinski definition) is 2. The lowest BCUT2D eigenvalue weighted by Gasteiger charge is -2.32. The predicted octanol–water partition coefficient (Wildman–Crippen LogP) is 3.28. The lowest BCUT2D eigenvalue weighted by atomic mass is 10.1. The fourth-order valence-corrected chi connectivity index (χ4v) is 3.90. The highest BCUT2D eigenvalue weighted by atomic mass is 16.5. The number of aromatic amines is 1. The molecule has 174 valence electrons. The van der Waals surface area contributed by atoms with E-state index in [0.29, 0.717) is 47.9 Å². The minimum atomic E-state index is 0.0357. The highest BCUT2D eigenvalue weighted by Gasteiger charge is 2.24. The first-order valence-electron chi connectivity index (χ1n) is 11.6. The first-order valence-corrected chi connectivity index (χ1v) is 11.6. The molecule has 1 aromatic carbocycles. The molecule has 1 amide bonds. The lowest BCUT2D eigenvalue weighted by Crippen LogP contribution is -2.47. The molecule has 0 unspecified atom stereocenters. The number of carbonyl (C=O) groups is 1. The number of hydrogen-bond acceptors (Lipinski definition) is 7. The van der Waals surface area contributed by atoms with E-state index in [4.69, 9.17) is 9.47 Å². The molecule has 3 aromatic rings. The van der Waals surface area contributed by atoms with Gasteiger partial charge in [0.05, 0.1) is 24.3 Å². The molecular weight excluding hydrogens is 420 g/mol. The molecule has 9 heteroatoms. The van der Waals surface area contributed by atoms with Crippen molar-refractivity contribution in [1.29, 1.82) is 0 Å². The number of carbonyl (C=O) groups excluding carboxylic acids is 1. The van der Waals surface area contributed by atoms with Crippen LogP contribution in [0.15, 0.2) is 30.5 Å². The summed E-state index contributed by atoms with van der Waals surface area (Å²) in [6.07, 6.45) is 4.19. The summed E-state index contributed by atoms with van der Waals surface area (Å²) in [5, 5.41) is 4.10. The SMILES string of the molecule is CCOc1nc(Nc2ccc(C(=O)N3CCN(C)CC3)cc2OCC2CC2)nc2[nH]ccc12. The Labute approximate surface area is 193 Å². The van der Waals surface area contributed by atoms with Gasteiger partial charge in [-0.05, 0) is 57.0 Å². The number of nitrogens with zero attached hydrogens (tertiary/aromatic N) is 4. The Morgan fingerprint density at radius 3 is 2.73 bits per heavy atom. The zero-order chi connectivity index (χ0) is 22.8. The summed E-state index contributed by atoms with van der Waals surface area (Å²) in [5.41, 5.74) is 2.05. The van der Waals surface area contributed by atoms with E-state index >= 15 is 0 Å². The highest BCUT2D eigenvalue weighted by Crippen LogP contribution is 2.34. The first-order chi connectivity index (χ1) is 16.1. The van der Waals surface area contributed by atoms with Crippen molar-refractivity contribution >= 4 is 28.6 Å². The van der Waals surface area contributed by atoms with Crippen molar-refractivity contribution in [2.24, 2.45) is 5.92 Å². The summed E-state index contributed by atoms with van der Waals surface area (Å²) in [6.45, 7) is 6.31. The Morgan fingerprint density at radius 1 is 1.15 bits per heavy atom. The van der Waals surface area contributed by atoms with Crippen molar-refractivity contribution in [3.8, 4) is 11.6 Å². The summed E-state index contributed by atoms with van der Waals surface area (Å²) in [7, 11) is 2.08. The fraction of sp³-hybridized carbons (Fsp3) is 0.458. The maximum atomic E-state index is 13.1. The molecule has 2 aromatic heterocycles. The van der Waals surface area contributed by atoms with Crippen molar-refractivity contribution < 1.29 is 14.3 Å². The molecule has 1 aliphatic heterocycles. The van der Waals surface area contributed by atoms with E-state index in [1.54, 1.807) is 0 Å². The number of amides is 1. The van der Waals surface area contributed by atoms with Crippen LogP contribution in [0.1, 0.15) is 30.1 Å². The molecule has 0 radical (unpaired) electrons. The first kappa shape index (κ1) is 21.5. The van der Waals surface area contributed by atoms with Crippen LogP contribution < -0.4 is 14.8 Å². The molecule has 9 nitrogen and oxygen atoms in total. The Kier molecular flexibility index (Phi) is 6.04. The number of nitrogens with one attached hydrogen (secondary N) is 2. The molecule has 33 heavy (non-hydrogen) atoms. The number of fused-ring (bicyclic) bond motifs is 1. The van der Waals surface area contributed by atoms with Gasteiger partial charge in [0.15, 0.2) is 0 Å². The van der Waals surface area contributed by atoms with E-state index in [-0.39, 0.29) is 5.91 Å². The van der Waals surface area contributed by atoms with E-state index in [1.807, 2.05) is 42.3 Å². The van der Waals surface area contributed by atoms with Crippen LogP contribution in [-0.2, 0) is 0 Å². The fourth-order valence-electron chi connectivity index (χ4n) is 3.90. The van der Waals surface area contributed by atoms with Gasteiger partial charge in [0.1, 0.15) is 11.4 Å². The maximum Gasteiger partial charge on any atom is 0.254 e. The van der Waals surface area contributed by atoms with E-state index in [9.17, 15) is 4.79 Å². The van der Waals surface area contributed by atoms with Gasteiger partial charge < -0.3 is 29.6 Å². The van der Waals surface area contributed by atoms with Gasteiger partial charge in [0, 0.05) is 37.9 Å². The van der Waals surface area contributed by atoms with Gasteiger partial charge in [-0.25, -0.2) is 0 Å². The van der Waals surface area contributed by atoms with E-state index in [1.165, 1.54) is 12.8 Å². The second-order valence-corrected chi connectivity index (χ2v) is 8.71. The molecule has 0 spiro atoms. The molecular formula is C24H30N6O3. The molecule has 2 fully saturated rings. The number of likely N-dealkylation sites (N-methyl/N-ethyl adjacent to an activating group) is 1. The second-order valence-electron chi connectivity index (χ2n) is 8.71. The average Bonchev–Trinajstić information content (AvgIpc) is 3.53. The van der Waals surface area contributed by atoms with Crippen LogP contribution in [0.25, 0.3) is 11.0 Å². The second kappa shape index (κ2) is 9.27. The summed E-state index contributed by atoms with van der Waals surface area (Å²) in [4.78, 5) is 29.5. The van der Waals surface area contributed by atoms with Crippen LogP contribution >= 0.6 is 0 Å². The normalized spacial score (nSPS) is 16.7. The predicted molar refractivity (Wildman–Crippen MR) is 126 cm³/mol. The van der Waals surface area contributed by atoms with Crippen molar-refractivity contribution in [2.45, 2.75) is 19.8 Å². The van der Waals surface area contributed by atoms with Crippen molar-refractivity contribution in [1.82, 2.24) is 24.8 Å². The summed E-state index contributed by atoms with van der Waals surface area (Å²) in [5.74, 6) is 2.19. The summed E-state index contributed by atoms with van der Waals surface area (Å²) >= 11 is 0. The van der Waals surface area contributed by atoms with Crippen LogP contribution in [0.2, 0.25) is 0 Å². The van der Waals surface area contributed by atoms with Crippen LogP contribution in [0.4, 0.5) is 11.6 Å². The lowest BCUT2D eigenvalue weighted by molar-refractivity contribution is 0.0663. The number of H-pyrrole nitrogens is 1. The van der Waals surface area contributed by atoms with Crippen molar-refractivity contribution in [3.05, 3.63) is 36.0 Å². The van der Waals surface area contributed by atoms with Crippen molar-refractivity contribution in [3.63, 3.8) is 0 Å². The zero-order valence-corrected chi connectivity index (χ0v) is 19.1. The molecule has 2 N–H and O–H groups in total. The number of aromatic nitrogens is 3. The van der Waals surface area contributed by atoms with Crippen LogP contribution in [0.3, 0.4) is 0 Å². The standard InChI is InChI=1S/C24H30N6O3/c1-3-32-22-18-8-9-25-21(18)27-24(28-22)26-19-7-6-17(14-20(19)33-15-16-4-5-16)23(31)30-12-10-29(2)11-13-30/h6-9,14,16H,3-5,10-13,15H2,1-2H3,(H2,25,26,27,28). The Bertz CT molecular complexity index is 1130. The third kappa shape index (κ3) is 4.88. The van der Waals surface area contributed by atoms with Crippen molar-refractivity contribution in [2.75, 3.05) is 51.8 Å². The third-order valence-corrected chi connectivity index (χ3v) is 6.10. The Hall–Kier alpha value is -3.33. The van der Waals surface area contributed by atoms with Crippen LogP contribution in [0, 0.1) is 5.92 Å². The third-order valence-electron chi connectivity index (χ3n) is 6.10. The zero-order valence-electron chi connectivity index (χ0n) is 19.1. The number of benzene rings is 1. The minimum absolute atomic E-state index is 0.0357. The smallest absolute Gasteiger partial charge is 0.254 e. The number of rotatable bonds is 8. The molecule has 0 bridgehead atoms. The monoisotopic (exact) mass is 450 g/mol. The van der Waals surface area contributed by atoms with Gasteiger partial charge in [-0.1, -0.05) is 0 Å². The number of piperazine rings is 1. The van der Waals surface area contributed by atoms with E-state index in [2.05, 4.69) is 32.2 Å². The van der Waals surface area contributed by atoms with E-state index in [0.717, 1.165) is 37.3 Å². The van der Waals surface area contributed by atoms with E-state index < -0.39 is 0 Å². The average molecular weight is 451 g/mol. The maximum absolute atomic E-state index is 13.1. The molecule has 1 saturated heterocycles. The quantitative estimate of drug-likeness (QED) is 0.544. The molecule has 5 rings (SSSR count). The molecule has 1 aliphatic carbocycles. The van der Waals surface area contributed by atoms with Gasteiger partial charge in [-0.2, -0.15) is 9.97 Å². The molecule has 1 saturated carbocycles. The summed E-state index contributed by atoms with van der Waals surface area (Å²) in [6, 6.07) is 7.44. The topological polar surface area (TPSA) is 95.6 Å². The van der Waals surface area contributed by atoms with Crippen LogP contribution in [-0.4, -0.2) is 77.1 Å². The largest absolute Gasteiger partial charge is 0.491 e. The van der Waals surface area contributed by atoms with Gasteiger partial charge in [0.25, 0.3) is 5.91 Å². The Balaban J connectivity index is 1.41. The molecule has 2 aliphatic rings. The van der Waals surface area contributed by atoms with Crippen LogP contribution in [0.5, 0.6) is 11.6 Å². The minimum Gasteiger partial charge on any atom is -0.491 e. The molecule has 0 atom stereocenters. The number of ether oxygens (including phenoxy) is 2. The van der Waals surface area contributed by atoms with Gasteiger partial charge in [0.2, 0.25) is 11.8 Å².